The Morgan fingerprint density at radius 3 is 3.12 bits per heavy atom. The number of thiazole rings is 1. The highest BCUT2D eigenvalue weighted by Crippen LogP contribution is 2.26. The minimum Gasteiger partial charge on any atom is -0.378 e. The van der Waals surface area contributed by atoms with Gasteiger partial charge in [-0.05, 0) is 31.5 Å². The van der Waals surface area contributed by atoms with Gasteiger partial charge in [-0.2, -0.15) is 0 Å². The second-order valence-corrected chi connectivity index (χ2v) is 5.85. The molecule has 1 aliphatic heterocycles. The van der Waals surface area contributed by atoms with Gasteiger partial charge in [-0.3, -0.25) is 0 Å². The number of nitrogens with zero attached hydrogens (tertiary/aromatic N) is 1. The summed E-state index contributed by atoms with van der Waals surface area (Å²) in [5, 5.41) is 4.69. The summed E-state index contributed by atoms with van der Waals surface area (Å²) < 4.78 is 6.86. The normalized spacial score (nSPS) is 25.3. The first kappa shape index (κ1) is 11.1. The van der Waals surface area contributed by atoms with Crippen LogP contribution in [-0.2, 0) is 4.74 Å². The van der Waals surface area contributed by atoms with Crippen molar-refractivity contribution in [1.29, 1.82) is 0 Å². The number of aromatic nitrogens is 1. The van der Waals surface area contributed by atoms with Crippen molar-refractivity contribution in [3.8, 4) is 0 Å². The highest BCUT2D eigenvalue weighted by atomic mass is 32.1. The zero-order valence-electron chi connectivity index (χ0n) is 10.1. The third kappa shape index (κ3) is 2.20. The van der Waals surface area contributed by atoms with Crippen LogP contribution in [0, 0.1) is 6.92 Å². The van der Waals surface area contributed by atoms with E-state index in [1.54, 1.807) is 11.3 Å². The van der Waals surface area contributed by atoms with Crippen LogP contribution in [0.5, 0.6) is 0 Å². The molecule has 1 N–H and O–H groups in total. The molecule has 1 saturated heterocycles. The Kier molecular flexibility index (Phi) is 2.86. The minimum absolute atomic E-state index is 0.311. The van der Waals surface area contributed by atoms with Crippen LogP contribution in [0.2, 0.25) is 0 Å². The van der Waals surface area contributed by atoms with E-state index in [2.05, 4.69) is 35.4 Å². The summed E-state index contributed by atoms with van der Waals surface area (Å²) in [5.74, 6) is 0. The van der Waals surface area contributed by atoms with Crippen LogP contribution in [-0.4, -0.2) is 24.2 Å². The number of ether oxygens (including phenoxy) is 1. The van der Waals surface area contributed by atoms with Crippen molar-refractivity contribution in [1.82, 2.24) is 10.3 Å². The standard InChI is InChI=1S/C13H16N2OS/c1-8-6-16-7-12(14-8)10-3-4-11-13(5-10)17-9(2)15-11/h3-5,8,12,14H,6-7H2,1-2H3/t8-,12-/m1/s1. The Bertz CT molecular complexity index is 537. The van der Waals surface area contributed by atoms with Gasteiger partial charge in [-0.25, -0.2) is 4.98 Å². The van der Waals surface area contributed by atoms with Crippen LogP contribution in [0.3, 0.4) is 0 Å². The first-order valence-electron chi connectivity index (χ1n) is 5.93. The maximum atomic E-state index is 5.59. The number of rotatable bonds is 1. The molecule has 0 spiro atoms. The van der Waals surface area contributed by atoms with E-state index in [0.717, 1.165) is 23.7 Å². The molecular formula is C13H16N2OS. The van der Waals surface area contributed by atoms with E-state index in [1.165, 1.54) is 10.3 Å². The largest absolute Gasteiger partial charge is 0.378 e. The highest BCUT2D eigenvalue weighted by molar-refractivity contribution is 7.18. The van der Waals surface area contributed by atoms with E-state index in [-0.39, 0.29) is 0 Å². The maximum absolute atomic E-state index is 5.59. The average molecular weight is 248 g/mol. The van der Waals surface area contributed by atoms with E-state index >= 15 is 0 Å². The zero-order chi connectivity index (χ0) is 11.8. The molecule has 0 aliphatic carbocycles. The van der Waals surface area contributed by atoms with Crippen molar-refractivity contribution in [2.24, 2.45) is 0 Å². The highest BCUT2D eigenvalue weighted by Gasteiger charge is 2.20. The van der Waals surface area contributed by atoms with Crippen LogP contribution < -0.4 is 5.32 Å². The molecule has 2 heterocycles. The molecule has 3 nitrogen and oxygen atoms in total. The molecule has 0 bridgehead atoms. The summed E-state index contributed by atoms with van der Waals surface area (Å²) >= 11 is 1.75. The molecule has 0 amide bonds. The number of fused-ring (bicyclic) bond motifs is 1. The van der Waals surface area contributed by atoms with Gasteiger partial charge in [0.05, 0.1) is 34.5 Å². The lowest BCUT2D eigenvalue weighted by Crippen LogP contribution is -2.41. The second-order valence-electron chi connectivity index (χ2n) is 4.62. The number of morpholine rings is 1. The molecule has 2 aromatic rings. The molecule has 17 heavy (non-hydrogen) atoms. The monoisotopic (exact) mass is 248 g/mol. The molecule has 2 atom stereocenters. The van der Waals surface area contributed by atoms with Crippen molar-refractivity contribution in [2.45, 2.75) is 25.9 Å². The molecule has 0 radical (unpaired) electrons. The fourth-order valence-corrected chi connectivity index (χ4v) is 3.14. The number of hydrogen-bond donors (Lipinski definition) is 1. The molecule has 90 valence electrons. The Morgan fingerprint density at radius 2 is 2.29 bits per heavy atom. The van der Waals surface area contributed by atoms with Crippen molar-refractivity contribution in [2.75, 3.05) is 13.2 Å². The first-order chi connectivity index (χ1) is 8.22. The number of benzene rings is 1. The SMILES string of the molecule is Cc1nc2ccc([C@H]3COC[C@@H](C)N3)cc2s1. The van der Waals surface area contributed by atoms with Gasteiger partial charge in [0.2, 0.25) is 0 Å². The van der Waals surface area contributed by atoms with Crippen LogP contribution in [0.25, 0.3) is 10.2 Å². The summed E-state index contributed by atoms with van der Waals surface area (Å²) in [6.07, 6.45) is 0. The lowest BCUT2D eigenvalue weighted by atomic mass is 10.1. The number of hydrogen-bond acceptors (Lipinski definition) is 4. The molecule has 0 unspecified atom stereocenters. The second kappa shape index (κ2) is 4.37. The Hall–Kier alpha value is -0.970. The van der Waals surface area contributed by atoms with Crippen molar-refractivity contribution >= 4 is 21.6 Å². The van der Waals surface area contributed by atoms with Crippen LogP contribution >= 0.6 is 11.3 Å². The summed E-state index contributed by atoms with van der Waals surface area (Å²) in [6, 6.07) is 7.23. The van der Waals surface area contributed by atoms with Crippen LogP contribution in [0.15, 0.2) is 18.2 Å². The van der Waals surface area contributed by atoms with Gasteiger partial charge < -0.3 is 10.1 Å². The minimum atomic E-state index is 0.311. The van der Waals surface area contributed by atoms with E-state index in [0.29, 0.717) is 12.1 Å². The predicted molar refractivity (Wildman–Crippen MR) is 70.5 cm³/mol. The average Bonchev–Trinajstić information content (AvgIpc) is 2.68. The molecule has 1 aliphatic rings. The van der Waals surface area contributed by atoms with E-state index in [1.807, 2.05) is 6.92 Å². The first-order valence-corrected chi connectivity index (χ1v) is 6.75. The summed E-state index contributed by atoms with van der Waals surface area (Å²) in [7, 11) is 0. The molecule has 1 aromatic heterocycles. The Balaban J connectivity index is 1.94. The van der Waals surface area contributed by atoms with Crippen molar-refractivity contribution in [3.05, 3.63) is 28.8 Å². The van der Waals surface area contributed by atoms with Gasteiger partial charge >= 0.3 is 0 Å². The van der Waals surface area contributed by atoms with Gasteiger partial charge in [0.15, 0.2) is 0 Å². The van der Waals surface area contributed by atoms with E-state index < -0.39 is 0 Å². The fraction of sp³-hybridized carbons (Fsp3) is 0.462. The maximum Gasteiger partial charge on any atom is 0.0907 e. The number of aryl methyl sites for hydroxylation is 1. The van der Waals surface area contributed by atoms with Gasteiger partial charge in [-0.1, -0.05) is 6.07 Å². The van der Waals surface area contributed by atoms with Crippen LogP contribution in [0.1, 0.15) is 23.5 Å². The summed E-state index contributed by atoms with van der Waals surface area (Å²) in [6.45, 7) is 5.77. The van der Waals surface area contributed by atoms with Crippen molar-refractivity contribution in [3.63, 3.8) is 0 Å². The smallest absolute Gasteiger partial charge is 0.0907 e. The van der Waals surface area contributed by atoms with Crippen molar-refractivity contribution < 1.29 is 4.74 Å². The predicted octanol–water partition coefficient (Wildman–Crippen LogP) is 2.65. The summed E-state index contributed by atoms with van der Waals surface area (Å²) in [5.41, 5.74) is 2.40. The third-order valence-corrected chi connectivity index (χ3v) is 3.99. The molecule has 4 heteroatoms. The molecular weight excluding hydrogens is 232 g/mol. The van der Waals surface area contributed by atoms with Crippen LogP contribution in [0.4, 0.5) is 0 Å². The van der Waals surface area contributed by atoms with Gasteiger partial charge in [0.1, 0.15) is 0 Å². The van der Waals surface area contributed by atoms with E-state index in [4.69, 9.17) is 4.74 Å². The molecule has 0 saturated carbocycles. The fourth-order valence-electron chi connectivity index (χ4n) is 2.27. The lowest BCUT2D eigenvalue weighted by Gasteiger charge is -2.29. The van der Waals surface area contributed by atoms with E-state index in [9.17, 15) is 0 Å². The Labute approximate surface area is 105 Å². The lowest BCUT2D eigenvalue weighted by molar-refractivity contribution is 0.0504. The van der Waals surface area contributed by atoms with Gasteiger partial charge in [0.25, 0.3) is 0 Å². The topological polar surface area (TPSA) is 34.1 Å². The van der Waals surface area contributed by atoms with Gasteiger partial charge in [0, 0.05) is 6.04 Å². The zero-order valence-corrected chi connectivity index (χ0v) is 10.9. The van der Waals surface area contributed by atoms with Gasteiger partial charge in [-0.15, -0.1) is 11.3 Å². The molecule has 1 aromatic carbocycles. The molecule has 1 fully saturated rings. The molecule has 3 rings (SSSR count). The quantitative estimate of drug-likeness (QED) is 0.842. The Morgan fingerprint density at radius 1 is 1.41 bits per heavy atom. The number of nitrogens with one attached hydrogen (secondary N) is 1. The summed E-state index contributed by atoms with van der Waals surface area (Å²) in [4.78, 5) is 4.48. The third-order valence-electron chi connectivity index (χ3n) is 3.06.